The number of piperidine rings is 5. The molecule has 126 heavy (non-hydrogen) atoms. The van der Waals surface area contributed by atoms with Crippen molar-refractivity contribution in [2.24, 2.45) is 17.8 Å². The monoisotopic (exact) mass is 2100 g/mol. The molecular weight excluding hydrogens is 1970 g/mol. The van der Waals surface area contributed by atoms with E-state index >= 15 is 0 Å². The summed E-state index contributed by atoms with van der Waals surface area (Å²) in [5.41, 5.74) is 0. The Morgan fingerprint density at radius 2 is 0.683 bits per heavy atom. The Labute approximate surface area is 825 Å². The molecule has 1 unspecified atom stereocenters. The van der Waals surface area contributed by atoms with E-state index in [0.29, 0.717) is 73.8 Å². The molecule has 0 amide bonds. The van der Waals surface area contributed by atoms with Crippen LogP contribution in [0.1, 0.15) is 210 Å². The van der Waals surface area contributed by atoms with Crippen LogP contribution in [0, 0.1) is 39.0 Å². The van der Waals surface area contributed by atoms with E-state index in [1.807, 2.05) is 11.2 Å². The van der Waals surface area contributed by atoms with E-state index in [1.165, 1.54) is 32.9 Å². The van der Waals surface area contributed by atoms with Gasteiger partial charge in [0.15, 0.2) is 16.6 Å². The number of sulfonamides is 5. The maximum Gasteiger partial charge on any atom is 2.00 e. The molecule has 5 aliphatic heterocycles. The number of benzene rings is 5. The van der Waals surface area contributed by atoms with E-state index in [2.05, 4.69) is 88.2 Å². The van der Waals surface area contributed by atoms with Crippen molar-refractivity contribution < 1.29 is 102 Å². The summed E-state index contributed by atoms with van der Waals surface area (Å²) in [5, 5.41) is 22.4. The number of hydrogen-bond donors (Lipinski definition) is 2. The van der Waals surface area contributed by atoms with Gasteiger partial charge < -0.3 is 62.1 Å². The summed E-state index contributed by atoms with van der Waals surface area (Å²) in [6.45, 7) is 40.4. The Bertz CT molecular complexity index is 4640. The predicted molar refractivity (Wildman–Crippen MR) is 514 cm³/mol. The van der Waals surface area contributed by atoms with Gasteiger partial charge in [0.05, 0.1) is 62.5 Å². The van der Waals surface area contributed by atoms with Gasteiger partial charge in [0.1, 0.15) is 6.29 Å². The van der Waals surface area contributed by atoms with Crippen LogP contribution in [0.15, 0.2) is 158 Å². The van der Waals surface area contributed by atoms with Crippen molar-refractivity contribution >= 4 is 154 Å². The minimum absolute atomic E-state index is 0. The molecule has 5 aromatic rings. The average Bonchev–Trinajstić information content (AvgIpc) is 1.27. The van der Waals surface area contributed by atoms with Crippen molar-refractivity contribution in [1.82, 2.24) is 21.5 Å². The fourth-order valence-corrected chi connectivity index (χ4v) is 28.6. The largest absolute Gasteiger partial charge is 2.00 e. The van der Waals surface area contributed by atoms with Gasteiger partial charge in [0, 0.05) is 73.4 Å². The van der Waals surface area contributed by atoms with Gasteiger partial charge in [-0.1, -0.05) is 132 Å². The molecule has 13 rings (SSSR count). The van der Waals surface area contributed by atoms with Crippen molar-refractivity contribution in [3.8, 4) is 0 Å². The predicted octanol–water partition coefficient (Wildman–Crippen LogP) is 18.5. The first-order valence-electron chi connectivity index (χ1n) is 43.3. The Hall–Kier alpha value is -1.35. The van der Waals surface area contributed by atoms with Gasteiger partial charge in [-0.25, -0.2) is 42.1 Å². The molecule has 8 aliphatic rings. The summed E-state index contributed by atoms with van der Waals surface area (Å²) in [7, 11) is -22.0. The number of aldehydes is 1. The summed E-state index contributed by atoms with van der Waals surface area (Å²) in [5.74, 6) is 1.37. The smallest absolute Gasteiger partial charge is 1.00 e. The van der Waals surface area contributed by atoms with Crippen LogP contribution in [0.4, 0.5) is 0 Å². The van der Waals surface area contributed by atoms with E-state index in [-0.39, 0.29) is 158 Å². The molecule has 0 radical (unpaired) electrons. The zero-order chi connectivity index (χ0) is 90.9. The standard InChI is InChI=1S/C21H34ClNO3SSi.C20H32ClNO3SSi.C15H20ClNO3S.C15H18ClNO3S.C15H22ClNO3S.2C2H5.CH3.BrH.Mg.Zn/c1-21(2,3)28(4,5)26-15-18-7-6-8-20(16-9-10-16)23(18)27(24,25)19-13-11-17(22)12-14-19;1-7-17-9-8-10-18(15-25-27(5,6)20(2,3)4)22(17)26(23,24)19-13-11-16(21)12-14-19;2*16-12-6-8-14(9-7-12)21(19,20)17-13(10-18)2-1-3-15(17)11-4-5-11;1-3-13-5-4-6-15(11(2)18)17(13)21(19,20)14-9-7-12(16)8-10-14;2*1-2;;;;/h11-14,16,18,20H,6-10,15H2,1-5H3;7,11-14,17-18H,1,8-10,15H2,2-6H3;6-9,11,13,15,18H,1-5,10H2;6-11,13,15H,1-5H2;7-11,13,15,18H,3-6H2,1-2H3;2*1H2,2H3;1H3;1H;;/q;;;;;3*-1;;2*+2/p-1/t18-,20+;17-,18-;2*13-,15+;11?,13-,15-;;;;;;/m00000....../s1. The van der Waals surface area contributed by atoms with E-state index in [1.54, 1.807) is 133 Å². The number of carbonyl (C=O) groups is 1. The first-order valence-corrected chi connectivity index (χ1v) is 58.2. The SMILES string of the molecule is C=C[C@H]1CCC[C@@H](CO[Si](C)(C)C(C)(C)C)N1S(=O)(=O)c1ccc(Cl)cc1.CC(C)(C)[Si](C)(C)OC[C@@H]1CCC[C@H](C2CC2)N1S(=O)(=O)c1ccc(Cl)cc1.CC[C@H]1CCC[C@@H](C(C)O)N1S(=O)(=O)c1ccc(Cl)cc1.O=C[C@@H]1CCC[C@H](C2CC2)N1S(=O)(=O)c1ccc(Cl)cc1.O=S(=O)(c1ccc(Cl)cc1)N1[C@H](CO)CCC[C@@H]1C1CC1.[Br-].[CH2-]C.[CH2-]C.[CH3-].[Mg+2].[Zn+2]. The minimum atomic E-state index is -3.65. The summed E-state index contributed by atoms with van der Waals surface area (Å²) < 4.78 is 153. The number of hydrogen-bond acceptors (Lipinski definition) is 15. The summed E-state index contributed by atoms with van der Waals surface area (Å²) in [6, 6.07) is 30.0. The molecule has 5 heterocycles. The number of halogens is 6. The van der Waals surface area contributed by atoms with Crippen LogP contribution in [-0.2, 0) is 83.2 Å². The van der Waals surface area contributed by atoms with Gasteiger partial charge in [-0.15, -0.1) is 6.58 Å². The molecule has 20 nitrogen and oxygen atoms in total. The number of aliphatic hydroxyl groups is 2. The van der Waals surface area contributed by atoms with Gasteiger partial charge in [-0.3, -0.25) is 0 Å². The second-order valence-electron chi connectivity index (χ2n) is 36.0. The first-order chi connectivity index (χ1) is 57.3. The number of nitrogens with zero attached hydrogens (tertiary/aromatic N) is 5. The molecule has 2 N–H and O–H groups in total. The van der Waals surface area contributed by atoms with E-state index in [9.17, 15) is 57.1 Å². The van der Waals surface area contributed by atoms with E-state index in [0.717, 1.165) is 135 Å². The van der Waals surface area contributed by atoms with Crippen LogP contribution >= 0.6 is 58.0 Å². The van der Waals surface area contributed by atoms with Crippen LogP contribution < -0.4 is 17.0 Å². The third-order valence-corrected chi connectivity index (χ3v) is 45.7. The summed E-state index contributed by atoms with van der Waals surface area (Å²) >= 11 is 29.4. The van der Waals surface area contributed by atoms with Crippen molar-refractivity contribution in [2.75, 3.05) is 19.8 Å². The van der Waals surface area contributed by atoms with Gasteiger partial charge in [0.2, 0.25) is 50.1 Å². The molecule has 0 aromatic heterocycles. The Morgan fingerprint density at radius 3 is 0.976 bits per heavy atom. The van der Waals surface area contributed by atoms with Crippen molar-refractivity contribution in [3.63, 3.8) is 0 Å². The third-order valence-electron chi connectivity index (χ3n) is 25.5. The molecule has 702 valence electrons. The molecule has 5 saturated heterocycles. The zero-order valence-electron chi connectivity index (χ0n) is 76.7. The second kappa shape index (κ2) is 52.3. The molecule has 8 fully saturated rings. The second-order valence-corrected chi connectivity index (χ2v) is 57.0. The van der Waals surface area contributed by atoms with Gasteiger partial charge >= 0.3 is 42.5 Å². The fourth-order valence-electron chi connectivity index (χ4n) is 16.4. The minimum Gasteiger partial charge on any atom is -1.00 e. The van der Waals surface area contributed by atoms with Crippen molar-refractivity contribution in [2.45, 2.75) is 338 Å². The van der Waals surface area contributed by atoms with Crippen molar-refractivity contribution in [3.05, 3.63) is 180 Å². The molecule has 35 heteroatoms. The van der Waals surface area contributed by atoms with Crippen LogP contribution in [0.2, 0.25) is 61.4 Å². The summed E-state index contributed by atoms with van der Waals surface area (Å²) in [6.07, 6.45) is 22.1. The van der Waals surface area contributed by atoms with Crippen LogP contribution in [-0.4, -0.2) is 206 Å². The zero-order valence-corrected chi connectivity index (χ0v) is 92.6. The van der Waals surface area contributed by atoms with E-state index < -0.39 is 78.9 Å². The topological polar surface area (TPSA) is 263 Å². The van der Waals surface area contributed by atoms with Crippen LogP contribution in [0.5, 0.6) is 0 Å². The average molecular weight is 2110 g/mol. The maximum atomic E-state index is 13.6. The first kappa shape index (κ1) is 119. The fraction of sp³-hybridized carbons (Fsp3) is 0.604. The van der Waals surface area contributed by atoms with Gasteiger partial charge in [-0.05, 0) is 304 Å². The third kappa shape index (κ3) is 31.1. The Balaban J connectivity index is 0.000000401. The van der Waals surface area contributed by atoms with Gasteiger partial charge in [-0.2, -0.15) is 35.4 Å². The molecule has 5 aromatic carbocycles. The molecule has 0 bridgehead atoms. The number of carbonyl (C=O) groups excluding carboxylic acids is 1. The molecule has 3 saturated carbocycles. The quantitative estimate of drug-likeness (QED) is 0.0252. The molecular formula is C91H139BrCl5MgN5O15S5Si2Zn. The van der Waals surface area contributed by atoms with Crippen LogP contribution in [0.3, 0.4) is 0 Å². The van der Waals surface area contributed by atoms with Crippen molar-refractivity contribution in [1.29, 1.82) is 0 Å². The molecule has 0 spiro atoms. The van der Waals surface area contributed by atoms with E-state index in [4.69, 9.17) is 66.9 Å². The molecule has 3 aliphatic carbocycles. The summed E-state index contributed by atoms with van der Waals surface area (Å²) in [4.78, 5) is 12.7. The van der Waals surface area contributed by atoms with Gasteiger partial charge in [0.25, 0.3) is 0 Å². The number of rotatable bonds is 24. The maximum absolute atomic E-state index is 13.6. The number of aliphatic hydroxyl groups excluding tert-OH is 2. The Morgan fingerprint density at radius 1 is 0.429 bits per heavy atom. The molecule has 11 atom stereocenters. The van der Waals surface area contributed by atoms with Crippen LogP contribution in [0.25, 0.3) is 0 Å². The normalized spacial score (nSPS) is 24.0. The Kier molecular flexibility index (Phi) is 49.3.